The van der Waals surface area contributed by atoms with Gasteiger partial charge in [-0.2, -0.15) is 0 Å². The van der Waals surface area contributed by atoms with Crippen molar-refractivity contribution in [3.05, 3.63) is 41.7 Å². The molecule has 0 radical (unpaired) electrons. The van der Waals surface area contributed by atoms with Gasteiger partial charge >= 0.3 is 12.0 Å². The van der Waals surface area contributed by atoms with Crippen molar-refractivity contribution in [2.45, 2.75) is 33.1 Å². The third-order valence-corrected chi connectivity index (χ3v) is 3.27. The molecule has 0 bridgehead atoms. The largest absolute Gasteiger partial charge is 0.462 e. The van der Waals surface area contributed by atoms with E-state index in [1.54, 1.807) is 37.4 Å². The molecule has 2 aromatic rings. The second-order valence-corrected chi connectivity index (χ2v) is 6.27. The molecule has 1 aromatic heterocycles. The van der Waals surface area contributed by atoms with Crippen LogP contribution in [0.1, 0.15) is 43.7 Å². The minimum absolute atomic E-state index is 0.0770. The number of aromatic amines is 1. The molecule has 3 N–H and O–H groups in total. The van der Waals surface area contributed by atoms with Gasteiger partial charge in [-0.3, -0.25) is 5.32 Å². The number of imidazole rings is 1. The molecule has 128 valence electrons. The normalized spacial score (nSPS) is 11.0. The fourth-order valence-electron chi connectivity index (χ4n) is 1.94. The second-order valence-electron chi connectivity index (χ2n) is 6.27. The lowest BCUT2D eigenvalue weighted by molar-refractivity contribution is 0.0526. The van der Waals surface area contributed by atoms with E-state index < -0.39 is 12.0 Å². The summed E-state index contributed by atoms with van der Waals surface area (Å²) in [6.45, 7) is 8.22. The number of carbonyl (C=O) groups excluding carboxylic acids is 2. The quantitative estimate of drug-likeness (QED) is 0.747. The zero-order valence-corrected chi connectivity index (χ0v) is 14.3. The highest BCUT2D eigenvalue weighted by Crippen LogP contribution is 2.21. The molecule has 2 amide bonds. The van der Waals surface area contributed by atoms with Crippen molar-refractivity contribution < 1.29 is 14.3 Å². The van der Waals surface area contributed by atoms with E-state index in [2.05, 4.69) is 41.4 Å². The Morgan fingerprint density at radius 2 is 1.83 bits per heavy atom. The molecule has 1 aromatic carbocycles. The monoisotopic (exact) mass is 330 g/mol. The minimum atomic E-state index is -0.423. The van der Waals surface area contributed by atoms with Gasteiger partial charge in [0.1, 0.15) is 0 Å². The van der Waals surface area contributed by atoms with E-state index in [0.717, 1.165) is 5.69 Å². The highest BCUT2D eigenvalue weighted by atomic mass is 16.5. The molecule has 0 aliphatic heterocycles. The van der Waals surface area contributed by atoms with Gasteiger partial charge in [-0.25, -0.2) is 14.6 Å². The topological polar surface area (TPSA) is 96.1 Å². The van der Waals surface area contributed by atoms with Gasteiger partial charge in [0, 0.05) is 16.8 Å². The number of hydrogen-bond donors (Lipinski definition) is 3. The predicted molar refractivity (Wildman–Crippen MR) is 92.3 cm³/mol. The predicted octanol–water partition coefficient (Wildman–Crippen LogP) is 3.53. The summed E-state index contributed by atoms with van der Waals surface area (Å²) < 4.78 is 4.91. The minimum Gasteiger partial charge on any atom is -0.462 e. The lowest BCUT2D eigenvalue weighted by atomic mass is 9.93. The molecule has 0 aliphatic rings. The Labute approximate surface area is 140 Å². The van der Waals surface area contributed by atoms with Gasteiger partial charge in [-0.15, -0.1) is 0 Å². The van der Waals surface area contributed by atoms with E-state index in [9.17, 15) is 9.59 Å². The number of anilines is 2. The van der Waals surface area contributed by atoms with E-state index in [4.69, 9.17) is 4.74 Å². The van der Waals surface area contributed by atoms with Gasteiger partial charge in [-0.05, 0) is 31.2 Å². The first-order valence-electron chi connectivity index (χ1n) is 7.70. The lowest BCUT2D eigenvalue weighted by Gasteiger charge is -2.15. The van der Waals surface area contributed by atoms with Crippen LogP contribution in [0.4, 0.5) is 16.4 Å². The zero-order valence-electron chi connectivity index (χ0n) is 14.3. The van der Waals surface area contributed by atoms with Crippen molar-refractivity contribution in [1.82, 2.24) is 9.97 Å². The van der Waals surface area contributed by atoms with Crippen LogP contribution in [0.15, 0.2) is 30.5 Å². The molecule has 2 rings (SSSR count). The Morgan fingerprint density at radius 1 is 1.17 bits per heavy atom. The van der Waals surface area contributed by atoms with Crippen LogP contribution in [-0.2, 0) is 10.2 Å². The van der Waals surface area contributed by atoms with Crippen molar-refractivity contribution in [1.29, 1.82) is 0 Å². The summed E-state index contributed by atoms with van der Waals surface area (Å²) in [7, 11) is 0. The number of nitrogens with one attached hydrogen (secondary N) is 3. The van der Waals surface area contributed by atoms with Crippen molar-refractivity contribution >= 4 is 23.6 Å². The van der Waals surface area contributed by atoms with Crippen LogP contribution < -0.4 is 10.6 Å². The van der Waals surface area contributed by atoms with Crippen LogP contribution in [-0.4, -0.2) is 28.6 Å². The van der Waals surface area contributed by atoms with Crippen LogP contribution in [0.3, 0.4) is 0 Å². The van der Waals surface area contributed by atoms with Crippen LogP contribution >= 0.6 is 0 Å². The van der Waals surface area contributed by atoms with Gasteiger partial charge in [-0.1, -0.05) is 20.8 Å². The summed E-state index contributed by atoms with van der Waals surface area (Å²) in [4.78, 5) is 30.8. The molecule has 0 fully saturated rings. The summed E-state index contributed by atoms with van der Waals surface area (Å²) in [5, 5.41) is 5.31. The summed E-state index contributed by atoms with van der Waals surface area (Å²) in [5.74, 6) is -0.0145. The fraction of sp³-hybridized carbons (Fsp3) is 0.353. The maximum absolute atomic E-state index is 12.0. The number of amides is 2. The van der Waals surface area contributed by atoms with Gasteiger partial charge in [0.25, 0.3) is 0 Å². The Balaban J connectivity index is 1.95. The van der Waals surface area contributed by atoms with Crippen molar-refractivity contribution in [2.75, 3.05) is 17.2 Å². The summed E-state index contributed by atoms with van der Waals surface area (Å²) in [6.07, 6.45) is 1.70. The number of urea groups is 1. The molecule has 0 unspecified atom stereocenters. The average Bonchev–Trinajstić information content (AvgIpc) is 2.96. The van der Waals surface area contributed by atoms with Crippen LogP contribution in [0, 0.1) is 0 Å². The number of esters is 1. The summed E-state index contributed by atoms with van der Waals surface area (Å²) >= 11 is 0. The van der Waals surface area contributed by atoms with E-state index in [1.165, 1.54) is 0 Å². The molecule has 24 heavy (non-hydrogen) atoms. The summed E-state index contributed by atoms with van der Waals surface area (Å²) in [6, 6.07) is 6.04. The van der Waals surface area contributed by atoms with Gasteiger partial charge in [0.2, 0.25) is 5.95 Å². The molecular weight excluding hydrogens is 308 g/mol. The van der Waals surface area contributed by atoms with Crippen molar-refractivity contribution in [2.24, 2.45) is 0 Å². The SMILES string of the molecule is CCOC(=O)c1ccc(NC(=O)Nc2ncc(C(C)(C)C)[nH]2)cc1. The highest BCUT2D eigenvalue weighted by molar-refractivity contribution is 5.99. The molecule has 0 aliphatic carbocycles. The molecule has 7 nitrogen and oxygen atoms in total. The summed E-state index contributed by atoms with van der Waals surface area (Å²) in [5.41, 5.74) is 1.84. The Morgan fingerprint density at radius 3 is 2.38 bits per heavy atom. The zero-order chi connectivity index (χ0) is 17.7. The molecule has 0 saturated heterocycles. The van der Waals surface area contributed by atoms with Crippen molar-refractivity contribution in [3.8, 4) is 0 Å². The molecule has 0 atom stereocenters. The Bertz CT molecular complexity index is 714. The van der Waals surface area contributed by atoms with E-state index in [0.29, 0.717) is 23.8 Å². The fourth-order valence-corrected chi connectivity index (χ4v) is 1.94. The molecule has 1 heterocycles. The van der Waals surface area contributed by atoms with E-state index >= 15 is 0 Å². The van der Waals surface area contributed by atoms with Gasteiger partial charge in [0.15, 0.2) is 0 Å². The first kappa shape index (κ1) is 17.5. The number of benzene rings is 1. The van der Waals surface area contributed by atoms with E-state index in [1.807, 2.05) is 0 Å². The first-order valence-corrected chi connectivity index (χ1v) is 7.70. The Kier molecular flexibility index (Phi) is 5.23. The van der Waals surface area contributed by atoms with Gasteiger partial charge < -0.3 is 15.0 Å². The third-order valence-electron chi connectivity index (χ3n) is 3.27. The third kappa shape index (κ3) is 4.58. The molecule has 0 spiro atoms. The van der Waals surface area contributed by atoms with Crippen LogP contribution in [0.2, 0.25) is 0 Å². The number of nitrogens with zero attached hydrogens (tertiary/aromatic N) is 1. The number of aromatic nitrogens is 2. The number of rotatable bonds is 4. The van der Waals surface area contributed by atoms with Gasteiger partial charge in [0.05, 0.1) is 18.4 Å². The molecule has 7 heteroatoms. The smallest absolute Gasteiger partial charge is 0.338 e. The lowest BCUT2D eigenvalue weighted by Crippen LogP contribution is -2.20. The maximum atomic E-state index is 12.0. The number of ether oxygens (including phenoxy) is 1. The van der Waals surface area contributed by atoms with Crippen LogP contribution in [0.5, 0.6) is 0 Å². The van der Waals surface area contributed by atoms with Crippen LogP contribution in [0.25, 0.3) is 0 Å². The number of hydrogen-bond acceptors (Lipinski definition) is 4. The second kappa shape index (κ2) is 7.16. The van der Waals surface area contributed by atoms with E-state index in [-0.39, 0.29) is 5.41 Å². The van der Waals surface area contributed by atoms with Crippen molar-refractivity contribution in [3.63, 3.8) is 0 Å². The highest BCUT2D eigenvalue weighted by Gasteiger charge is 2.17. The number of H-pyrrole nitrogens is 1. The molecule has 0 saturated carbocycles. The average molecular weight is 330 g/mol. The number of carbonyl (C=O) groups is 2. The maximum Gasteiger partial charge on any atom is 0.338 e. The standard InChI is InChI=1S/C17H22N4O3/c1-5-24-14(22)11-6-8-12(9-7-11)19-16(23)21-15-18-10-13(20-15)17(2,3)4/h6-10H,5H2,1-4H3,(H3,18,19,20,21,23). The first-order chi connectivity index (χ1) is 11.3. The molecular formula is C17H22N4O3. The Hall–Kier alpha value is -2.83.